The number of benzene rings is 1. The molecule has 0 aliphatic heterocycles. The van der Waals surface area contributed by atoms with Gasteiger partial charge in [0.2, 0.25) is 0 Å². The quantitative estimate of drug-likeness (QED) is 0.568. The van der Waals surface area contributed by atoms with E-state index in [9.17, 15) is 4.39 Å². The summed E-state index contributed by atoms with van der Waals surface area (Å²) in [5.74, 6) is 1.82. The second-order valence-corrected chi connectivity index (χ2v) is 8.22. The molecule has 3 atom stereocenters. The van der Waals surface area contributed by atoms with Gasteiger partial charge in [-0.05, 0) is 72.1 Å². The first kappa shape index (κ1) is 17.4. The molecule has 1 N–H and O–H groups in total. The number of hydrogen-bond donors (Lipinski definition) is 1. The SMILES string of the molecule is Fc1cccc(-c2ccc(/C=C/C3c4c[nH]cc4CC4CCCCC43)nc2)c1. The summed E-state index contributed by atoms with van der Waals surface area (Å²) < 4.78 is 13.5. The molecule has 3 unspecified atom stereocenters. The van der Waals surface area contributed by atoms with E-state index in [0.29, 0.717) is 5.92 Å². The fourth-order valence-corrected chi connectivity index (χ4v) is 5.16. The third-order valence-corrected chi connectivity index (χ3v) is 6.56. The van der Waals surface area contributed by atoms with Crippen molar-refractivity contribution in [3.63, 3.8) is 0 Å². The summed E-state index contributed by atoms with van der Waals surface area (Å²) >= 11 is 0. The molecule has 0 saturated heterocycles. The number of allylic oxidation sites excluding steroid dienone is 1. The number of aromatic amines is 1. The van der Waals surface area contributed by atoms with Crippen LogP contribution in [0.3, 0.4) is 0 Å². The van der Waals surface area contributed by atoms with Crippen LogP contribution < -0.4 is 0 Å². The van der Waals surface area contributed by atoms with E-state index >= 15 is 0 Å². The Hall–Kier alpha value is -2.68. The highest BCUT2D eigenvalue weighted by Gasteiger charge is 2.37. The predicted molar refractivity (Wildman–Crippen MR) is 111 cm³/mol. The molecule has 1 saturated carbocycles. The maximum atomic E-state index is 13.5. The van der Waals surface area contributed by atoms with E-state index in [1.165, 1.54) is 49.3 Å². The van der Waals surface area contributed by atoms with Gasteiger partial charge in [0.05, 0.1) is 5.69 Å². The predicted octanol–water partition coefficient (Wildman–Crippen LogP) is 6.38. The number of fused-ring (bicyclic) bond motifs is 2. The minimum Gasteiger partial charge on any atom is -0.367 e. The fraction of sp³-hybridized carbons (Fsp3) is 0.320. The smallest absolute Gasteiger partial charge is 0.123 e. The third-order valence-electron chi connectivity index (χ3n) is 6.56. The molecule has 2 aromatic heterocycles. The van der Waals surface area contributed by atoms with Crippen LogP contribution in [0.5, 0.6) is 0 Å². The first-order chi connectivity index (χ1) is 13.8. The molecule has 2 aliphatic carbocycles. The van der Waals surface area contributed by atoms with Gasteiger partial charge in [0, 0.05) is 30.1 Å². The average Bonchev–Trinajstić information content (AvgIpc) is 3.20. The van der Waals surface area contributed by atoms with Crippen LogP contribution in [-0.4, -0.2) is 9.97 Å². The topological polar surface area (TPSA) is 28.7 Å². The Kier molecular flexibility index (Phi) is 4.59. The highest BCUT2D eigenvalue weighted by atomic mass is 19.1. The lowest BCUT2D eigenvalue weighted by Gasteiger charge is -2.40. The summed E-state index contributed by atoms with van der Waals surface area (Å²) in [6, 6.07) is 10.7. The van der Waals surface area contributed by atoms with Crippen molar-refractivity contribution >= 4 is 6.08 Å². The van der Waals surface area contributed by atoms with Gasteiger partial charge in [0.25, 0.3) is 0 Å². The van der Waals surface area contributed by atoms with Crippen LogP contribution in [0.2, 0.25) is 0 Å². The fourth-order valence-electron chi connectivity index (χ4n) is 5.16. The number of hydrogen-bond acceptors (Lipinski definition) is 1. The molecule has 2 heterocycles. The Labute approximate surface area is 165 Å². The molecule has 2 aliphatic rings. The normalized spacial score (nSPS) is 24.1. The van der Waals surface area contributed by atoms with E-state index in [2.05, 4.69) is 34.5 Å². The van der Waals surface area contributed by atoms with E-state index in [-0.39, 0.29) is 5.82 Å². The standard InChI is InChI=1S/C25H25FN2/c26-21-6-3-5-17(13-21)19-8-9-22(28-15-19)10-11-24-23-7-2-1-4-18(23)12-20-14-27-16-25(20)24/h3,5-6,8-11,13-16,18,23-24,27H,1-2,4,7,12H2/b11-10+. The van der Waals surface area contributed by atoms with Gasteiger partial charge < -0.3 is 4.98 Å². The Morgan fingerprint density at radius 2 is 1.96 bits per heavy atom. The second-order valence-electron chi connectivity index (χ2n) is 8.22. The van der Waals surface area contributed by atoms with Gasteiger partial charge in [-0.15, -0.1) is 0 Å². The Balaban J connectivity index is 1.39. The maximum absolute atomic E-state index is 13.5. The zero-order chi connectivity index (χ0) is 18.9. The van der Waals surface area contributed by atoms with Gasteiger partial charge in [0.15, 0.2) is 0 Å². The zero-order valence-corrected chi connectivity index (χ0v) is 15.9. The van der Waals surface area contributed by atoms with E-state index in [1.807, 2.05) is 24.4 Å². The molecule has 3 heteroatoms. The lowest BCUT2D eigenvalue weighted by molar-refractivity contribution is 0.203. The van der Waals surface area contributed by atoms with Crippen molar-refractivity contribution < 1.29 is 4.39 Å². The van der Waals surface area contributed by atoms with Crippen molar-refractivity contribution in [2.24, 2.45) is 11.8 Å². The lowest BCUT2D eigenvalue weighted by Crippen LogP contribution is -2.30. The van der Waals surface area contributed by atoms with Gasteiger partial charge in [-0.3, -0.25) is 4.98 Å². The molecule has 5 rings (SSSR count). The Morgan fingerprint density at radius 3 is 2.82 bits per heavy atom. The average molecular weight is 372 g/mol. The van der Waals surface area contributed by atoms with Crippen molar-refractivity contribution in [2.45, 2.75) is 38.0 Å². The summed E-state index contributed by atoms with van der Waals surface area (Å²) in [6.45, 7) is 0. The van der Waals surface area contributed by atoms with Crippen molar-refractivity contribution in [1.29, 1.82) is 0 Å². The van der Waals surface area contributed by atoms with Crippen LogP contribution in [-0.2, 0) is 6.42 Å². The monoisotopic (exact) mass is 372 g/mol. The molecule has 0 spiro atoms. The van der Waals surface area contributed by atoms with E-state index in [0.717, 1.165) is 28.7 Å². The number of rotatable bonds is 3. The van der Waals surface area contributed by atoms with E-state index in [1.54, 1.807) is 12.1 Å². The number of halogens is 1. The van der Waals surface area contributed by atoms with Crippen LogP contribution >= 0.6 is 0 Å². The minimum atomic E-state index is -0.219. The largest absolute Gasteiger partial charge is 0.367 e. The molecule has 142 valence electrons. The highest BCUT2D eigenvalue weighted by Crippen LogP contribution is 2.47. The number of pyridine rings is 1. The summed E-state index contributed by atoms with van der Waals surface area (Å²) in [4.78, 5) is 7.93. The first-order valence-electron chi connectivity index (χ1n) is 10.3. The minimum absolute atomic E-state index is 0.219. The van der Waals surface area contributed by atoms with Gasteiger partial charge >= 0.3 is 0 Å². The van der Waals surface area contributed by atoms with Crippen molar-refractivity contribution in [3.05, 3.63) is 83.7 Å². The first-order valence-corrected chi connectivity index (χ1v) is 10.3. The number of aromatic nitrogens is 2. The van der Waals surface area contributed by atoms with Crippen molar-refractivity contribution in [1.82, 2.24) is 9.97 Å². The molecule has 0 bridgehead atoms. The Morgan fingerprint density at radius 1 is 1.04 bits per heavy atom. The molecule has 3 aromatic rings. The number of nitrogens with zero attached hydrogens (tertiary/aromatic N) is 1. The number of nitrogens with one attached hydrogen (secondary N) is 1. The molecule has 1 aromatic carbocycles. The number of H-pyrrole nitrogens is 1. The third kappa shape index (κ3) is 3.30. The van der Waals surface area contributed by atoms with Crippen LogP contribution in [0, 0.1) is 17.7 Å². The molecule has 1 fully saturated rings. The van der Waals surface area contributed by atoms with Gasteiger partial charge in [0.1, 0.15) is 5.82 Å². The second kappa shape index (κ2) is 7.38. The molecule has 0 amide bonds. The van der Waals surface area contributed by atoms with Gasteiger partial charge in [-0.1, -0.05) is 37.1 Å². The zero-order valence-electron chi connectivity index (χ0n) is 15.9. The summed E-state index contributed by atoms with van der Waals surface area (Å²) in [7, 11) is 0. The van der Waals surface area contributed by atoms with Crippen LogP contribution in [0.25, 0.3) is 17.2 Å². The summed E-state index contributed by atoms with van der Waals surface area (Å²) in [5, 5.41) is 0. The highest BCUT2D eigenvalue weighted by molar-refractivity contribution is 5.63. The molecule has 2 nitrogen and oxygen atoms in total. The van der Waals surface area contributed by atoms with E-state index < -0.39 is 0 Å². The molecular formula is C25H25FN2. The van der Waals surface area contributed by atoms with E-state index in [4.69, 9.17) is 0 Å². The maximum Gasteiger partial charge on any atom is 0.123 e. The molecular weight excluding hydrogens is 347 g/mol. The van der Waals surface area contributed by atoms with Crippen molar-refractivity contribution in [3.8, 4) is 11.1 Å². The van der Waals surface area contributed by atoms with Gasteiger partial charge in [-0.2, -0.15) is 0 Å². The molecule has 28 heavy (non-hydrogen) atoms. The summed E-state index contributed by atoms with van der Waals surface area (Å²) in [6.07, 6.45) is 17.4. The Bertz CT molecular complexity index is 986. The van der Waals surface area contributed by atoms with Gasteiger partial charge in [-0.25, -0.2) is 4.39 Å². The molecule has 0 radical (unpaired) electrons. The summed E-state index contributed by atoms with van der Waals surface area (Å²) in [5.41, 5.74) is 5.71. The lowest BCUT2D eigenvalue weighted by atomic mass is 9.64. The van der Waals surface area contributed by atoms with Crippen LogP contribution in [0.15, 0.2) is 61.1 Å². The van der Waals surface area contributed by atoms with Crippen LogP contribution in [0.1, 0.15) is 48.4 Å². The van der Waals surface area contributed by atoms with Crippen LogP contribution in [0.4, 0.5) is 4.39 Å². The van der Waals surface area contributed by atoms with Crippen molar-refractivity contribution in [2.75, 3.05) is 0 Å².